The molecule has 2 amide bonds. The first-order valence-electron chi connectivity index (χ1n) is 9.28. The van der Waals surface area contributed by atoms with E-state index in [1.165, 1.54) is 12.4 Å². The van der Waals surface area contributed by atoms with Gasteiger partial charge in [0.15, 0.2) is 0 Å². The second-order valence-electron chi connectivity index (χ2n) is 6.58. The van der Waals surface area contributed by atoms with Crippen molar-refractivity contribution in [1.29, 1.82) is 0 Å². The third-order valence-electron chi connectivity index (χ3n) is 4.70. The van der Waals surface area contributed by atoms with Crippen LogP contribution >= 0.6 is 23.2 Å². The minimum absolute atomic E-state index is 0.247. The molecule has 0 aliphatic carbocycles. The summed E-state index contributed by atoms with van der Waals surface area (Å²) in [4.78, 5) is 35.5. The normalized spacial score (nSPS) is 16.7. The second kappa shape index (κ2) is 9.73. The molecule has 0 spiro atoms. The quantitative estimate of drug-likeness (QED) is 0.691. The van der Waals surface area contributed by atoms with Crippen LogP contribution in [0, 0.1) is 0 Å². The van der Waals surface area contributed by atoms with Crippen LogP contribution in [0.25, 0.3) is 0 Å². The van der Waals surface area contributed by atoms with Crippen molar-refractivity contribution < 1.29 is 9.59 Å². The lowest BCUT2D eigenvalue weighted by molar-refractivity contribution is 0.0794. The summed E-state index contributed by atoms with van der Waals surface area (Å²) in [5.74, 6) is -0.534. The first-order valence-corrected chi connectivity index (χ1v) is 10.0. The molecule has 2 N–H and O–H groups in total. The highest BCUT2D eigenvalue weighted by molar-refractivity contribution is 6.33. The highest BCUT2D eigenvalue weighted by atomic mass is 35.5. The Morgan fingerprint density at radius 1 is 1.27 bits per heavy atom. The zero-order chi connectivity index (χ0) is 21.7. The zero-order valence-electron chi connectivity index (χ0n) is 16.5. The Morgan fingerprint density at radius 2 is 2.03 bits per heavy atom. The predicted molar refractivity (Wildman–Crippen MR) is 118 cm³/mol. The van der Waals surface area contributed by atoms with E-state index in [0.29, 0.717) is 45.5 Å². The number of carbonyl (C=O) groups excluding carboxylic acids is 2. The summed E-state index contributed by atoms with van der Waals surface area (Å²) >= 11 is 12.1. The number of pyridine rings is 1. The average molecular weight is 446 g/mol. The molecule has 3 rings (SSSR count). The Bertz CT molecular complexity index is 1020. The van der Waals surface area contributed by atoms with Crippen LogP contribution in [-0.4, -0.2) is 54.6 Å². The lowest BCUT2D eigenvalue weighted by Crippen LogP contribution is -2.49. The van der Waals surface area contributed by atoms with E-state index in [1.54, 1.807) is 55.5 Å². The molecule has 7 nitrogen and oxygen atoms in total. The van der Waals surface area contributed by atoms with Gasteiger partial charge in [-0.2, -0.15) is 0 Å². The van der Waals surface area contributed by atoms with Gasteiger partial charge in [-0.05, 0) is 24.6 Å². The number of hydrogen-bond acceptors (Lipinski definition) is 5. The molecular formula is C21H21Cl2N5O2. The maximum atomic E-state index is 13.1. The van der Waals surface area contributed by atoms with Gasteiger partial charge < -0.3 is 15.5 Å². The summed E-state index contributed by atoms with van der Waals surface area (Å²) < 4.78 is 0. The third kappa shape index (κ3) is 4.63. The molecule has 1 atom stereocenters. The number of aliphatic imine (C=N–C) groups is 1. The number of likely N-dealkylation sites (N-methyl/N-ethyl adjacent to an activating group) is 1. The van der Waals surface area contributed by atoms with Crippen molar-refractivity contribution in [1.82, 2.24) is 20.5 Å². The van der Waals surface area contributed by atoms with Gasteiger partial charge >= 0.3 is 0 Å². The van der Waals surface area contributed by atoms with Gasteiger partial charge in [-0.25, -0.2) is 0 Å². The van der Waals surface area contributed by atoms with Crippen molar-refractivity contribution in [3.05, 3.63) is 75.3 Å². The van der Waals surface area contributed by atoms with Crippen molar-refractivity contribution >= 4 is 41.2 Å². The third-order valence-corrected chi connectivity index (χ3v) is 5.23. The number of nitrogens with zero attached hydrogens (tertiary/aromatic N) is 3. The number of allylic oxidation sites excluding steroid dienone is 1. The molecular weight excluding hydrogens is 425 g/mol. The summed E-state index contributed by atoms with van der Waals surface area (Å²) in [6.07, 6.45) is 5.04. The largest absolute Gasteiger partial charge is 0.388 e. The van der Waals surface area contributed by atoms with Gasteiger partial charge in [0.25, 0.3) is 11.8 Å². The predicted octanol–water partition coefficient (Wildman–Crippen LogP) is 3.16. The minimum atomic E-state index is -0.340. The molecule has 1 unspecified atom stereocenters. The van der Waals surface area contributed by atoms with Crippen LogP contribution in [0.15, 0.2) is 59.1 Å². The Hall–Kier alpha value is -2.90. The van der Waals surface area contributed by atoms with Gasteiger partial charge in [-0.15, -0.1) is 0 Å². The summed E-state index contributed by atoms with van der Waals surface area (Å²) in [6.45, 7) is 0.380. The van der Waals surface area contributed by atoms with E-state index in [-0.39, 0.29) is 17.9 Å². The first-order chi connectivity index (χ1) is 14.5. The number of carbonyl (C=O) groups is 2. The summed E-state index contributed by atoms with van der Waals surface area (Å²) in [5, 5.41) is 6.87. The molecule has 2 aromatic rings. The average Bonchev–Trinajstić information content (AvgIpc) is 2.74. The molecule has 1 aliphatic heterocycles. The fourth-order valence-corrected chi connectivity index (χ4v) is 3.73. The standard InChI is InChI=1S/C21H21Cl2N5O2/c1-24-12-18-19(25-2)17(27-20(29)15-5-3-4-6-16(15)23)7-8-28(18)21(30)13-9-14(22)11-26-10-13/h3-6,9-12,17,25H,7-8H2,1-2H3,(H,27,29). The van der Waals surface area contributed by atoms with Gasteiger partial charge in [0.2, 0.25) is 0 Å². The Kier molecular flexibility index (Phi) is 7.07. The van der Waals surface area contributed by atoms with Crippen molar-refractivity contribution in [2.24, 2.45) is 4.99 Å². The van der Waals surface area contributed by atoms with Crippen LogP contribution in [-0.2, 0) is 0 Å². The van der Waals surface area contributed by atoms with Gasteiger partial charge in [0.1, 0.15) is 0 Å². The lowest BCUT2D eigenvalue weighted by atomic mass is 10.0. The van der Waals surface area contributed by atoms with Gasteiger partial charge in [0.05, 0.1) is 38.6 Å². The molecule has 0 saturated carbocycles. The van der Waals surface area contributed by atoms with Crippen LogP contribution in [0.2, 0.25) is 10.0 Å². The van der Waals surface area contributed by atoms with Crippen molar-refractivity contribution in [3.63, 3.8) is 0 Å². The van der Waals surface area contributed by atoms with Crippen LogP contribution in [0.5, 0.6) is 0 Å². The number of halogens is 2. The number of benzene rings is 1. The maximum Gasteiger partial charge on any atom is 0.259 e. The molecule has 0 radical (unpaired) electrons. The first kappa shape index (κ1) is 21.8. The van der Waals surface area contributed by atoms with E-state index in [2.05, 4.69) is 20.6 Å². The summed E-state index contributed by atoms with van der Waals surface area (Å²) in [7, 11) is 3.36. The van der Waals surface area contributed by atoms with Crippen LogP contribution in [0.1, 0.15) is 27.1 Å². The number of rotatable bonds is 5. The zero-order valence-corrected chi connectivity index (χ0v) is 18.0. The fourth-order valence-electron chi connectivity index (χ4n) is 3.33. The molecule has 9 heteroatoms. The monoisotopic (exact) mass is 445 g/mol. The lowest BCUT2D eigenvalue weighted by Gasteiger charge is -2.35. The van der Waals surface area contributed by atoms with Crippen molar-refractivity contribution in [2.75, 3.05) is 20.6 Å². The van der Waals surface area contributed by atoms with E-state index in [1.807, 2.05) is 0 Å². The number of amides is 2. The van der Waals surface area contributed by atoms with Gasteiger partial charge in [0, 0.05) is 39.2 Å². The van der Waals surface area contributed by atoms with Gasteiger partial charge in [-0.1, -0.05) is 35.3 Å². The number of hydrogen-bond donors (Lipinski definition) is 2. The highest BCUT2D eigenvalue weighted by Crippen LogP contribution is 2.24. The molecule has 0 saturated heterocycles. The second-order valence-corrected chi connectivity index (χ2v) is 7.42. The summed E-state index contributed by atoms with van der Waals surface area (Å²) in [5.41, 5.74) is 2.01. The van der Waals surface area contributed by atoms with Gasteiger partial charge in [-0.3, -0.25) is 19.6 Å². The van der Waals surface area contributed by atoms with Crippen LogP contribution in [0.3, 0.4) is 0 Å². The van der Waals surface area contributed by atoms with Crippen molar-refractivity contribution in [2.45, 2.75) is 12.5 Å². The van der Waals surface area contributed by atoms with Crippen molar-refractivity contribution in [3.8, 4) is 0 Å². The Balaban J connectivity index is 1.92. The molecule has 30 heavy (non-hydrogen) atoms. The smallest absolute Gasteiger partial charge is 0.259 e. The molecule has 156 valence electrons. The number of nitrogens with one attached hydrogen (secondary N) is 2. The fraction of sp³-hybridized carbons (Fsp3) is 0.238. The van der Waals surface area contributed by atoms with Crippen LogP contribution < -0.4 is 10.6 Å². The van der Waals surface area contributed by atoms with E-state index < -0.39 is 0 Å². The molecule has 2 heterocycles. The molecule has 1 aromatic carbocycles. The maximum absolute atomic E-state index is 13.1. The molecule has 0 bridgehead atoms. The van der Waals surface area contributed by atoms with E-state index >= 15 is 0 Å². The van der Waals surface area contributed by atoms with Crippen LogP contribution in [0.4, 0.5) is 0 Å². The topological polar surface area (TPSA) is 86.7 Å². The minimum Gasteiger partial charge on any atom is -0.388 e. The molecule has 1 aliphatic rings. The number of aromatic nitrogens is 1. The molecule has 0 fully saturated rings. The van der Waals surface area contributed by atoms with E-state index in [9.17, 15) is 9.59 Å². The summed E-state index contributed by atoms with van der Waals surface area (Å²) in [6, 6.07) is 8.09. The highest BCUT2D eigenvalue weighted by Gasteiger charge is 2.32. The Labute approximate surface area is 184 Å². The SMILES string of the molecule is CN=CC1=C(NC)C(NC(=O)c2ccccc2Cl)CCN1C(=O)c1cncc(Cl)c1. The van der Waals surface area contributed by atoms with E-state index in [4.69, 9.17) is 23.2 Å². The Morgan fingerprint density at radius 3 is 2.70 bits per heavy atom. The van der Waals surface area contributed by atoms with E-state index in [0.717, 1.165) is 0 Å². The molecule has 1 aromatic heterocycles.